The van der Waals surface area contributed by atoms with Crippen molar-refractivity contribution in [3.05, 3.63) is 58.1 Å². The number of para-hydroxylation sites is 1. The zero-order valence-electron chi connectivity index (χ0n) is 13.6. The van der Waals surface area contributed by atoms with Crippen molar-refractivity contribution in [3.63, 3.8) is 0 Å². The molecule has 0 aromatic heterocycles. The van der Waals surface area contributed by atoms with E-state index in [0.29, 0.717) is 18.9 Å². The van der Waals surface area contributed by atoms with Gasteiger partial charge in [-0.3, -0.25) is 4.79 Å². The minimum atomic E-state index is -0.621. The maximum Gasteiger partial charge on any atom is 0.244 e. The molecule has 2 atom stereocenters. The molecule has 1 heterocycles. The first kappa shape index (κ1) is 17.0. The molecule has 0 radical (unpaired) electrons. The lowest BCUT2D eigenvalue weighted by molar-refractivity contribution is -0.120. The number of amides is 1. The van der Waals surface area contributed by atoms with Gasteiger partial charge in [0.05, 0.1) is 6.04 Å². The minimum absolute atomic E-state index is 0.0611. The molecule has 1 aliphatic heterocycles. The van der Waals surface area contributed by atoms with Crippen LogP contribution in [0.2, 0.25) is 0 Å². The lowest BCUT2D eigenvalue weighted by Crippen LogP contribution is -2.48. The summed E-state index contributed by atoms with van der Waals surface area (Å²) in [7, 11) is 0. The average molecular weight is 389 g/mol. The number of halogens is 1. The summed E-state index contributed by atoms with van der Waals surface area (Å²) in [4.78, 5) is 14.7. The first-order valence-corrected chi connectivity index (χ1v) is 8.87. The van der Waals surface area contributed by atoms with Crippen molar-refractivity contribution >= 4 is 27.5 Å². The van der Waals surface area contributed by atoms with Gasteiger partial charge in [0.25, 0.3) is 0 Å². The minimum Gasteiger partial charge on any atom is -0.508 e. The second-order valence-corrected chi connectivity index (χ2v) is 7.33. The molecule has 1 unspecified atom stereocenters. The van der Waals surface area contributed by atoms with Gasteiger partial charge in [0.15, 0.2) is 0 Å². The Morgan fingerprint density at radius 3 is 2.88 bits per heavy atom. The van der Waals surface area contributed by atoms with Crippen molar-refractivity contribution in [1.29, 1.82) is 0 Å². The number of aromatic hydroxyl groups is 1. The molecule has 2 aromatic carbocycles. The van der Waals surface area contributed by atoms with Gasteiger partial charge in [0.1, 0.15) is 5.75 Å². The monoisotopic (exact) mass is 388 g/mol. The largest absolute Gasteiger partial charge is 0.508 e. The van der Waals surface area contributed by atoms with E-state index in [4.69, 9.17) is 5.73 Å². The maximum absolute atomic E-state index is 12.9. The molecule has 0 fully saturated rings. The highest BCUT2D eigenvalue weighted by Gasteiger charge is 2.29. The number of phenolic OH excluding ortho intramolecular Hbond substituents is 1. The summed E-state index contributed by atoms with van der Waals surface area (Å²) >= 11 is 3.42. The summed E-state index contributed by atoms with van der Waals surface area (Å²) in [6.45, 7) is 2.85. The van der Waals surface area contributed by atoms with Crippen LogP contribution in [0.15, 0.2) is 46.9 Å². The molecule has 0 spiro atoms. The van der Waals surface area contributed by atoms with Crippen LogP contribution in [-0.4, -0.2) is 23.6 Å². The topological polar surface area (TPSA) is 66.6 Å². The van der Waals surface area contributed by atoms with Crippen LogP contribution in [0.5, 0.6) is 5.75 Å². The third-order valence-corrected chi connectivity index (χ3v) is 5.14. The van der Waals surface area contributed by atoms with E-state index >= 15 is 0 Å². The number of benzene rings is 2. The summed E-state index contributed by atoms with van der Waals surface area (Å²) in [6.07, 6.45) is 1.41. The summed E-state index contributed by atoms with van der Waals surface area (Å²) < 4.78 is 0.762. The fourth-order valence-electron chi connectivity index (χ4n) is 3.23. The molecule has 126 valence electrons. The number of nitrogens with two attached hydrogens (primary N) is 1. The van der Waals surface area contributed by atoms with Gasteiger partial charge in [-0.05, 0) is 48.1 Å². The van der Waals surface area contributed by atoms with Gasteiger partial charge < -0.3 is 15.7 Å². The van der Waals surface area contributed by atoms with Crippen LogP contribution in [0.25, 0.3) is 0 Å². The maximum atomic E-state index is 12.9. The number of phenols is 1. The van der Waals surface area contributed by atoms with Crippen molar-refractivity contribution in [3.8, 4) is 5.75 Å². The second-order valence-electron chi connectivity index (χ2n) is 6.47. The summed E-state index contributed by atoms with van der Waals surface area (Å²) in [6, 6.07) is 12.4. The molecule has 5 heteroatoms. The van der Waals surface area contributed by atoms with Crippen LogP contribution < -0.4 is 10.6 Å². The van der Waals surface area contributed by atoms with E-state index in [1.165, 1.54) is 5.56 Å². The third-order valence-electron chi connectivity index (χ3n) is 4.40. The molecular formula is C19H21BrN2O2. The van der Waals surface area contributed by atoms with E-state index in [-0.39, 0.29) is 11.7 Å². The normalized spacial score (nSPS) is 18.1. The number of carbonyl (C=O) groups is 1. The quantitative estimate of drug-likeness (QED) is 0.847. The van der Waals surface area contributed by atoms with Gasteiger partial charge in [-0.25, -0.2) is 0 Å². The van der Waals surface area contributed by atoms with E-state index in [0.717, 1.165) is 22.1 Å². The molecule has 3 rings (SSSR count). The molecule has 0 aliphatic carbocycles. The summed E-state index contributed by atoms with van der Waals surface area (Å²) in [5.74, 6) is 0.537. The van der Waals surface area contributed by atoms with Gasteiger partial charge in [0, 0.05) is 16.7 Å². The van der Waals surface area contributed by atoms with Crippen LogP contribution in [0.1, 0.15) is 18.1 Å². The van der Waals surface area contributed by atoms with E-state index in [2.05, 4.69) is 28.9 Å². The predicted molar refractivity (Wildman–Crippen MR) is 99.1 cm³/mol. The molecule has 0 saturated carbocycles. The van der Waals surface area contributed by atoms with Crippen molar-refractivity contribution in [1.82, 2.24) is 0 Å². The van der Waals surface area contributed by atoms with E-state index in [9.17, 15) is 9.90 Å². The molecule has 2 aromatic rings. The number of nitrogens with zero attached hydrogens (tertiary/aromatic N) is 1. The van der Waals surface area contributed by atoms with Gasteiger partial charge >= 0.3 is 0 Å². The van der Waals surface area contributed by atoms with Crippen LogP contribution in [-0.2, 0) is 17.6 Å². The zero-order chi connectivity index (χ0) is 17.3. The Kier molecular flexibility index (Phi) is 4.92. The Bertz CT molecular complexity index is 763. The zero-order valence-corrected chi connectivity index (χ0v) is 15.2. The fourth-order valence-corrected chi connectivity index (χ4v) is 3.76. The SMILES string of the molecule is CC1Cc2ccccc2N(C(=O)[C@@H](N)Cc2ccc(O)cc2Br)C1. The number of carbonyl (C=O) groups excluding carboxylic acids is 1. The van der Waals surface area contributed by atoms with Gasteiger partial charge in [-0.2, -0.15) is 0 Å². The van der Waals surface area contributed by atoms with Crippen molar-refractivity contribution < 1.29 is 9.90 Å². The standard InChI is InChI=1S/C19H21BrN2O2/c1-12-8-14-4-2-3-5-18(14)22(11-12)19(24)17(21)9-13-6-7-15(23)10-16(13)20/h2-7,10,12,17,23H,8-9,11,21H2,1H3/t12?,17-/m0/s1. The molecule has 24 heavy (non-hydrogen) atoms. The summed E-state index contributed by atoms with van der Waals surface area (Å²) in [5.41, 5.74) is 9.29. The van der Waals surface area contributed by atoms with Crippen LogP contribution in [0.4, 0.5) is 5.69 Å². The Morgan fingerprint density at radius 1 is 1.38 bits per heavy atom. The molecule has 1 amide bonds. The smallest absolute Gasteiger partial charge is 0.244 e. The third kappa shape index (κ3) is 3.47. The predicted octanol–water partition coefficient (Wildman–Crippen LogP) is 3.25. The highest BCUT2D eigenvalue weighted by molar-refractivity contribution is 9.10. The lowest BCUT2D eigenvalue weighted by atomic mass is 9.93. The number of hydrogen-bond acceptors (Lipinski definition) is 3. The Morgan fingerprint density at radius 2 is 2.12 bits per heavy atom. The van der Waals surface area contributed by atoms with Crippen molar-refractivity contribution in [2.24, 2.45) is 11.7 Å². The fraction of sp³-hybridized carbons (Fsp3) is 0.316. The first-order valence-electron chi connectivity index (χ1n) is 8.08. The lowest BCUT2D eigenvalue weighted by Gasteiger charge is -2.34. The van der Waals surface area contributed by atoms with Gasteiger partial charge in [0.2, 0.25) is 5.91 Å². The van der Waals surface area contributed by atoms with Gasteiger partial charge in [-0.15, -0.1) is 0 Å². The molecule has 3 N–H and O–H groups in total. The van der Waals surface area contributed by atoms with Crippen LogP contribution in [0, 0.1) is 5.92 Å². The molecule has 1 aliphatic rings. The molecule has 0 saturated heterocycles. The molecular weight excluding hydrogens is 368 g/mol. The second kappa shape index (κ2) is 6.95. The Labute approximate surface area is 150 Å². The highest BCUT2D eigenvalue weighted by Crippen LogP contribution is 2.30. The van der Waals surface area contributed by atoms with Crippen molar-refractivity contribution in [2.45, 2.75) is 25.8 Å². The number of anilines is 1. The van der Waals surface area contributed by atoms with E-state index < -0.39 is 6.04 Å². The highest BCUT2D eigenvalue weighted by atomic mass is 79.9. The summed E-state index contributed by atoms with van der Waals surface area (Å²) in [5, 5.41) is 9.49. The number of fused-ring (bicyclic) bond motifs is 1. The van der Waals surface area contributed by atoms with E-state index in [1.54, 1.807) is 18.2 Å². The van der Waals surface area contributed by atoms with Crippen molar-refractivity contribution in [2.75, 3.05) is 11.4 Å². The molecule has 0 bridgehead atoms. The number of rotatable bonds is 3. The average Bonchev–Trinajstić information content (AvgIpc) is 2.55. The van der Waals surface area contributed by atoms with Gasteiger partial charge in [-0.1, -0.05) is 47.1 Å². The van der Waals surface area contributed by atoms with E-state index in [1.807, 2.05) is 23.1 Å². The Balaban J connectivity index is 1.81. The molecule has 4 nitrogen and oxygen atoms in total. The number of hydrogen-bond donors (Lipinski definition) is 2. The van der Waals surface area contributed by atoms with Crippen LogP contribution >= 0.6 is 15.9 Å². The van der Waals surface area contributed by atoms with Crippen LogP contribution in [0.3, 0.4) is 0 Å². The first-order chi connectivity index (χ1) is 11.5. The Hall–Kier alpha value is -1.85.